The maximum absolute atomic E-state index is 11.4. The first-order chi connectivity index (χ1) is 11.1. The number of rotatable bonds is 2. The third-order valence-electron chi connectivity index (χ3n) is 4.09. The fourth-order valence-electron chi connectivity index (χ4n) is 2.94. The molecule has 2 aromatic carbocycles. The molecule has 3 rings (SSSR count). The third-order valence-corrected chi connectivity index (χ3v) is 4.75. The van der Waals surface area contributed by atoms with Gasteiger partial charge in [-0.15, -0.1) is 0 Å². The molecule has 0 spiro atoms. The van der Waals surface area contributed by atoms with Gasteiger partial charge in [-0.1, -0.05) is 30.0 Å². The number of aliphatic imine (C=N–C) groups is 1. The molecule has 0 saturated heterocycles. The molecule has 0 fully saturated rings. The van der Waals surface area contributed by atoms with E-state index in [9.17, 15) is 4.79 Å². The lowest BCUT2D eigenvalue weighted by Gasteiger charge is -2.25. The molecule has 23 heavy (non-hydrogen) atoms. The molecule has 0 aliphatic carbocycles. The molecule has 1 aliphatic rings. The second kappa shape index (κ2) is 6.59. The quantitative estimate of drug-likeness (QED) is 0.456. The Hall–Kier alpha value is -2.07. The first-order valence-electron chi connectivity index (χ1n) is 7.71. The first-order valence-corrected chi connectivity index (χ1v) is 8.93. The molecule has 118 valence electrons. The number of benzene rings is 2. The number of carbonyl (C=O) groups excluding carboxylic acids is 1. The summed E-state index contributed by atoms with van der Waals surface area (Å²) in [6.07, 6.45) is 3.09. The van der Waals surface area contributed by atoms with E-state index in [0.29, 0.717) is 6.04 Å². The number of hydrogen-bond acceptors (Lipinski definition) is 3. The SMILES string of the molecule is CSC(=Nc1ccc(C(C)=O)cc1)N1c2ccccc2C[C@H]1C. The van der Waals surface area contributed by atoms with E-state index >= 15 is 0 Å². The Morgan fingerprint density at radius 3 is 2.52 bits per heavy atom. The Labute approximate surface area is 141 Å². The standard InChI is InChI=1S/C19H20N2OS/c1-13-12-16-6-4-5-7-18(16)21(13)19(23-3)20-17-10-8-15(9-11-17)14(2)22/h4-11,13H,12H2,1-3H3/t13-/m1/s1. The van der Waals surface area contributed by atoms with Gasteiger partial charge in [0.25, 0.3) is 0 Å². The zero-order valence-corrected chi connectivity index (χ0v) is 14.4. The number of hydrogen-bond donors (Lipinski definition) is 0. The van der Waals surface area contributed by atoms with Crippen LogP contribution in [0.5, 0.6) is 0 Å². The summed E-state index contributed by atoms with van der Waals surface area (Å²) in [5.41, 5.74) is 4.20. The predicted octanol–water partition coefficient (Wildman–Crippen LogP) is 4.69. The van der Waals surface area contributed by atoms with Crippen molar-refractivity contribution in [2.24, 2.45) is 4.99 Å². The molecule has 1 aliphatic heterocycles. The molecule has 2 aromatic rings. The van der Waals surface area contributed by atoms with Crippen molar-refractivity contribution >= 4 is 34.1 Å². The van der Waals surface area contributed by atoms with E-state index in [-0.39, 0.29) is 5.78 Å². The molecule has 0 N–H and O–H groups in total. The van der Waals surface area contributed by atoms with Crippen molar-refractivity contribution < 1.29 is 4.79 Å². The number of carbonyl (C=O) groups is 1. The monoisotopic (exact) mass is 324 g/mol. The number of anilines is 1. The van der Waals surface area contributed by atoms with Gasteiger partial charge in [-0.2, -0.15) is 0 Å². The maximum atomic E-state index is 11.4. The molecule has 4 heteroatoms. The van der Waals surface area contributed by atoms with Gasteiger partial charge in [0, 0.05) is 17.3 Å². The van der Waals surface area contributed by atoms with Crippen molar-refractivity contribution in [3.05, 3.63) is 59.7 Å². The number of ketones is 1. The van der Waals surface area contributed by atoms with Crippen molar-refractivity contribution in [3.63, 3.8) is 0 Å². The second-order valence-electron chi connectivity index (χ2n) is 5.75. The molecule has 0 saturated carbocycles. The van der Waals surface area contributed by atoms with Crippen LogP contribution in [0.25, 0.3) is 0 Å². The lowest BCUT2D eigenvalue weighted by molar-refractivity contribution is 0.101. The highest BCUT2D eigenvalue weighted by molar-refractivity contribution is 8.13. The van der Waals surface area contributed by atoms with E-state index < -0.39 is 0 Å². The van der Waals surface area contributed by atoms with Gasteiger partial charge in [-0.3, -0.25) is 4.79 Å². The normalized spacial score (nSPS) is 17.3. The highest BCUT2D eigenvalue weighted by Crippen LogP contribution is 2.34. The van der Waals surface area contributed by atoms with Crippen LogP contribution in [0.15, 0.2) is 53.5 Å². The van der Waals surface area contributed by atoms with Crippen LogP contribution in [0.4, 0.5) is 11.4 Å². The van der Waals surface area contributed by atoms with Gasteiger partial charge < -0.3 is 4.90 Å². The molecular formula is C19H20N2OS. The fourth-order valence-corrected chi connectivity index (χ4v) is 3.61. The van der Waals surface area contributed by atoms with Gasteiger partial charge in [-0.25, -0.2) is 4.99 Å². The summed E-state index contributed by atoms with van der Waals surface area (Å²) >= 11 is 1.65. The van der Waals surface area contributed by atoms with E-state index in [4.69, 9.17) is 4.99 Å². The summed E-state index contributed by atoms with van der Waals surface area (Å²) in [7, 11) is 0. The molecular weight excluding hydrogens is 304 g/mol. The summed E-state index contributed by atoms with van der Waals surface area (Å²) in [6.45, 7) is 3.80. The molecule has 0 amide bonds. The Morgan fingerprint density at radius 2 is 1.87 bits per heavy atom. The van der Waals surface area contributed by atoms with Gasteiger partial charge in [0.05, 0.1) is 5.69 Å². The lowest BCUT2D eigenvalue weighted by Crippen LogP contribution is -2.33. The summed E-state index contributed by atoms with van der Waals surface area (Å²) < 4.78 is 0. The van der Waals surface area contributed by atoms with Crippen LogP contribution in [-0.4, -0.2) is 23.2 Å². The number of para-hydroxylation sites is 1. The number of thioether (sulfide) groups is 1. The van der Waals surface area contributed by atoms with Gasteiger partial charge in [-0.05, 0) is 62.4 Å². The number of Topliss-reactive ketones (excluding diaryl/α,β-unsaturated/α-hetero) is 1. The van der Waals surface area contributed by atoms with E-state index in [0.717, 1.165) is 22.8 Å². The Balaban J connectivity index is 1.94. The van der Waals surface area contributed by atoms with Gasteiger partial charge in [0.2, 0.25) is 0 Å². The molecule has 1 heterocycles. The smallest absolute Gasteiger partial charge is 0.168 e. The Bertz CT molecular complexity index is 752. The van der Waals surface area contributed by atoms with Gasteiger partial charge in [0.1, 0.15) is 0 Å². The second-order valence-corrected chi connectivity index (χ2v) is 6.53. The van der Waals surface area contributed by atoms with Crippen molar-refractivity contribution in [1.29, 1.82) is 0 Å². The van der Waals surface area contributed by atoms with Gasteiger partial charge >= 0.3 is 0 Å². The van der Waals surface area contributed by atoms with Crippen LogP contribution < -0.4 is 4.90 Å². The molecule has 3 nitrogen and oxygen atoms in total. The van der Waals surface area contributed by atoms with Crippen LogP contribution in [0, 0.1) is 0 Å². The summed E-state index contributed by atoms with van der Waals surface area (Å²) in [5, 5.41) is 0.984. The molecule has 0 unspecified atom stereocenters. The largest absolute Gasteiger partial charge is 0.318 e. The third kappa shape index (κ3) is 3.17. The van der Waals surface area contributed by atoms with E-state index in [1.54, 1.807) is 18.7 Å². The van der Waals surface area contributed by atoms with Crippen LogP contribution in [0.2, 0.25) is 0 Å². The number of fused-ring (bicyclic) bond motifs is 1. The highest BCUT2D eigenvalue weighted by atomic mass is 32.2. The average Bonchev–Trinajstić information content (AvgIpc) is 2.89. The number of nitrogens with zero attached hydrogens (tertiary/aromatic N) is 2. The topological polar surface area (TPSA) is 32.7 Å². The van der Waals surface area contributed by atoms with Crippen LogP contribution >= 0.6 is 11.8 Å². The highest BCUT2D eigenvalue weighted by Gasteiger charge is 2.28. The average molecular weight is 324 g/mol. The van der Waals surface area contributed by atoms with Crippen molar-refractivity contribution in [2.75, 3.05) is 11.2 Å². The van der Waals surface area contributed by atoms with Crippen molar-refractivity contribution in [3.8, 4) is 0 Å². The molecule has 1 atom stereocenters. The van der Waals surface area contributed by atoms with Crippen LogP contribution in [-0.2, 0) is 6.42 Å². The minimum atomic E-state index is 0.0766. The lowest BCUT2D eigenvalue weighted by atomic mass is 10.1. The van der Waals surface area contributed by atoms with Crippen LogP contribution in [0.1, 0.15) is 29.8 Å². The van der Waals surface area contributed by atoms with E-state index in [2.05, 4.69) is 42.3 Å². The first kappa shape index (κ1) is 15.8. The fraction of sp³-hybridized carbons (Fsp3) is 0.263. The minimum absolute atomic E-state index is 0.0766. The summed E-state index contributed by atoms with van der Waals surface area (Å²) in [4.78, 5) is 18.5. The van der Waals surface area contributed by atoms with Crippen LogP contribution in [0.3, 0.4) is 0 Å². The Morgan fingerprint density at radius 1 is 1.17 bits per heavy atom. The van der Waals surface area contributed by atoms with E-state index in [1.165, 1.54) is 11.3 Å². The predicted molar refractivity (Wildman–Crippen MR) is 99.1 cm³/mol. The molecule has 0 radical (unpaired) electrons. The molecule has 0 bridgehead atoms. The number of amidine groups is 1. The Kier molecular flexibility index (Phi) is 4.53. The zero-order chi connectivity index (χ0) is 16.4. The minimum Gasteiger partial charge on any atom is -0.318 e. The zero-order valence-electron chi connectivity index (χ0n) is 13.6. The summed E-state index contributed by atoms with van der Waals surface area (Å²) in [6, 6.07) is 16.4. The van der Waals surface area contributed by atoms with Crippen molar-refractivity contribution in [1.82, 2.24) is 0 Å². The summed E-state index contributed by atoms with van der Waals surface area (Å²) in [5.74, 6) is 0.0766. The van der Waals surface area contributed by atoms with E-state index in [1.807, 2.05) is 24.3 Å². The van der Waals surface area contributed by atoms with Gasteiger partial charge in [0.15, 0.2) is 11.0 Å². The molecule has 0 aromatic heterocycles. The van der Waals surface area contributed by atoms with Crippen molar-refractivity contribution in [2.45, 2.75) is 26.3 Å². The maximum Gasteiger partial charge on any atom is 0.168 e.